The molecule has 0 aliphatic heterocycles. The fraction of sp³-hybridized carbons (Fsp3) is 0.133. The minimum atomic E-state index is -0.382. The van der Waals surface area contributed by atoms with Gasteiger partial charge in [0.25, 0.3) is 5.69 Å². The molecule has 3 rings (SSSR count). The lowest BCUT2D eigenvalue weighted by molar-refractivity contribution is -0.384. The summed E-state index contributed by atoms with van der Waals surface area (Å²) in [4.78, 5) is 15.2. The number of fused-ring (bicyclic) bond motifs is 1. The van der Waals surface area contributed by atoms with Gasteiger partial charge in [-0.3, -0.25) is 14.7 Å². The van der Waals surface area contributed by atoms with Crippen LogP contribution in [0.25, 0.3) is 16.7 Å². The highest BCUT2D eigenvalue weighted by atomic mass is 79.9. The molecule has 0 bridgehead atoms. The van der Waals surface area contributed by atoms with Crippen molar-refractivity contribution >= 4 is 32.7 Å². The normalized spacial score (nSPS) is 11.0. The summed E-state index contributed by atoms with van der Waals surface area (Å²) in [6.45, 7) is 4.04. The molecule has 106 valence electrons. The molecule has 3 aromatic rings. The number of benzene rings is 2. The molecule has 1 aromatic heterocycles. The monoisotopic (exact) mass is 345 g/mol. The molecule has 0 spiro atoms. The maximum absolute atomic E-state index is 11.3. The Morgan fingerprint density at radius 1 is 1.19 bits per heavy atom. The van der Waals surface area contributed by atoms with Crippen LogP contribution in [0.3, 0.4) is 0 Å². The number of nitrogens with zero attached hydrogens (tertiary/aromatic N) is 3. The molecule has 0 aliphatic rings. The summed E-state index contributed by atoms with van der Waals surface area (Å²) in [6.07, 6.45) is 1.62. The van der Waals surface area contributed by atoms with Gasteiger partial charge in [0, 0.05) is 10.5 Å². The molecule has 0 unspecified atom stereocenters. The van der Waals surface area contributed by atoms with Gasteiger partial charge in [0.2, 0.25) is 0 Å². The van der Waals surface area contributed by atoms with E-state index in [1.807, 2.05) is 26.0 Å². The lowest BCUT2D eigenvalue weighted by Gasteiger charge is -2.07. The first-order chi connectivity index (χ1) is 9.97. The Bertz CT molecular complexity index is 871. The van der Waals surface area contributed by atoms with Crippen LogP contribution in [0.5, 0.6) is 0 Å². The number of aryl methyl sites for hydroxylation is 2. The second-order valence-electron chi connectivity index (χ2n) is 4.93. The quantitative estimate of drug-likeness (QED) is 0.513. The van der Waals surface area contributed by atoms with Crippen molar-refractivity contribution in [2.24, 2.45) is 0 Å². The summed E-state index contributed by atoms with van der Waals surface area (Å²) in [6, 6.07) is 9.01. The number of halogens is 1. The van der Waals surface area contributed by atoms with Gasteiger partial charge in [0.05, 0.1) is 16.0 Å². The average Bonchev–Trinajstić information content (AvgIpc) is 2.82. The van der Waals surface area contributed by atoms with Gasteiger partial charge >= 0.3 is 0 Å². The lowest BCUT2D eigenvalue weighted by Crippen LogP contribution is -1.99. The van der Waals surface area contributed by atoms with E-state index in [1.54, 1.807) is 23.0 Å². The van der Waals surface area contributed by atoms with Gasteiger partial charge in [0.1, 0.15) is 12.0 Å². The van der Waals surface area contributed by atoms with Crippen LogP contribution in [0.4, 0.5) is 5.69 Å². The fourth-order valence-electron chi connectivity index (χ4n) is 2.30. The molecule has 0 aliphatic carbocycles. The summed E-state index contributed by atoms with van der Waals surface area (Å²) >= 11 is 3.27. The molecule has 0 amide bonds. The molecular formula is C15H12BrN3O2. The third-order valence-corrected chi connectivity index (χ3v) is 4.05. The SMILES string of the molecule is Cc1cc2ncn(-c3ccc(Br)cc3[N+](=O)[O-])c2cc1C. The number of imidazole rings is 1. The van der Waals surface area contributed by atoms with Crippen LogP contribution in [0.1, 0.15) is 11.1 Å². The van der Waals surface area contributed by atoms with Crippen LogP contribution in [0, 0.1) is 24.0 Å². The third kappa shape index (κ3) is 2.31. The predicted octanol–water partition coefficient (Wildman–Crippen LogP) is 4.31. The van der Waals surface area contributed by atoms with Gasteiger partial charge in [-0.1, -0.05) is 15.9 Å². The van der Waals surface area contributed by atoms with Crippen molar-refractivity contribution in [3.8, 4) is 5.69 Å². The Kier molecular flexibility index (Phi) is 3.25. The number of aromatic nitrogens is 2. The molecule has 0 saturated carbocycles. The zero-order valence-corrected chi connectivity index (χ0v) is 13.1. The molecule has 21 heavy (non-hydrogen) atoms. The molecule has 5 nitrogen and oxygen atoms in total. The van der Waals surface area contributed by atoms with Crippen LogP contribution in [-0.2, 0) is 0 Å². The number of hydrogen-bond donors (Lipinski definition) is 0. The summed E-state index contributed by atoms with van der Waals surface area (Å²) in [5.41, 5.74) is 4.52. The van der Waals surface area contributed by atoms with E-state index in [9.17, 15) is 10.1 Å². The van der Waals surface area contributed by atoms with Crippen LogP contribution >= 0.6 is 15.9 Å². The Labute approximate surface area is 129 Å². The van der Waals surface area contributed by atoms with Crippen molar-refractivity contribution in [2.75, 3.05) is 0 Å². The largest absolute Gasteiger partial charge is 0.294 e. The highest BCUT2D eigenvalue weighted by Crippen LogP contribution is 2.30. The highest BCUT2D eigenvalue weighted by Gasteiger charge is 2.18. The summed E-state index contributed by atoms with van der Waals surface area (Å²) in [7, 11) is 0. The molecule has 0 saturated heterocycles. The molecule has 0 N–H and O–H groups in total. The highest BCUT2D eigenvalue weighted by molar-refractivity contribution is 9.10. The van der Waals surface area contributed by atoms with E-state index < -0.39 is 0 Å². The van der Waals surface area contributed by atoms with Crippen LogP contribution in [0.15, 0.2) is 41.1 Å². The summed E-state index contributed by atoms with van der Waals surface area (Å²) in [5.74, 6) is 0. The van der Waals surface area contributed by atoms with E-state index in [0.717, 1.165) is 22.2 Å². The lowest BCUT2D eigenvalue weighted by atomic mass is 10.1. The van der Waals surface area contributed by atoms with Crippen molar-refractivity contribution in [1.29, 1.82) is 0 Å². The van der Waals surface area contributed by atoms with E-state index in [2.05, 4.69) is 20.9 Å². The van der Waals surface area contributed by atoms with Gasteiger partial charge in [-0.05, 0) is 49.2 Å². The predicted molar refractivity (Wildman–Crippen MR) is 84.9 cm³/mol. The minimum absolute atomic E-state index is 0.0434. The Hall–Kier alpha value is -2.21. The molecule has 6 heteroatoms. The smallest absolute Gasteiger partial charge is 0.293 e. The molecule has 2 aromatic carbocycles. The van der Waals surface area contributed by atoms with Crippen molar-refractivity contribution in [3.63, 3.8) is 0 Å². The van der Waals surface area contributed by atoms with Gasteiger partial charge in [-0.25, -0.2) is 4.98 Å². The van der Waals surface area contributed by atoms with Crippen LogP contribution in [0.2, 0.25) is 0 Å². The Morgan fingerprint density at radius 3 is 2.62 bits per heavy atom. The second-order valence-corrected chi connectivity index (χ2v) is 5.85. The molecule has 0 atom stereocenters. The van der Waals surface area contributed by atoms with E-state index >= 15 is 0 Å². The van der Waals surface area contributed by atoms with Gasteiger partial charge in [-0.2, -0.15) is 0 Å². The number of nitro benzene ring substituents is 1. The van der Waals surface area contributed by atoms with Crippen molar-refractivity contribution in [3.05, 3.63) is 62.4 Å². The van der Waals surface area contributed by atoms with Crippen LogP contribution in [-0.4, -0.2) is 14.5 Å². The molecule has 0 radical (unpaired) electrons. The van der Waals surface area contributed by atoms with E-state index in [0.29, 0.717) is 10.2 Å². The van der Waals surface area contributed by atoms with Crippen LogP contribution < -0.4 is 0 Å². The van der Waals surface area contributed by atoms with E-state index in [1.165, 1.54) is 6.07 Å². The zero-order valence-electron chi connectivity index (χ0n) is 11.5. The Balaban J connectivity index is 2.31. The van der Waals surface area contributed by atoms with Crippen molar-refractivity contribution < 1.29 is 4.92 Å². The first kappa shape index (κ1) is 13.8. The number of rotatable bonds is 2. The topological polar surface area (TPSA) is 61.0 Å². The average molecular weight is 346 g/mol. The van der Waals surface area contributed by atoms with E-state index in [4.69, 9.17) is 0 Å². The van der Waals surface area contributed by atoms with Crippen molar-refractivity contribution in [2.45, 2.75) is 13.8 Å². The molecule has 1 heterocycles. The first-order valence-electron chi connectivity index (χ1n) is 6.36. The van der Waals surface area contributed by atoms with Gasteiger partial charge in [0.15, 0.2) is 0 Å². The number of nitro groups is 1. The fourth-order valence-corrected chi connectivity index (χ4v) is 2.65. The van der Waals surface area contributed by atoms with Crippen molar-refractivity contribution in [1.82, 2.24) is 9.55 Å². The van der Waals surface area contributed by atoms with Gasteiger partial charge < -0.3 is 0 Å². The third-order valence-electron chi connectivity index (χ3n) is 3.56. The summed E-state index contributed by atoms with van der Waals surface area (Å²) < 4.78 is 2.43. The number of hydrogen-bond acceptors (Lipinski definition) is 3. The maximum Gasteiger partial charge on any atom is 0.294 e. The molecule has 0 fully saturated rings. The van der Waals surface area contributed by atoms with E-state index in [-0.39, 0.29) is 10.6 Å². The molecular weight excluding hydrogens is 334 g/mol. The zero-order chi connectivity index (χ0) is 15.1. The Morgan fingerprint density at radius 2 is 1.90 bits per heavy atom. The standard InChI is InChI=1S/C15H12BrN3O2/c1-9-5-12-14(6-10(9)2)18(8-17-12)13-4-3-11(16)7-15(13)19(20)21/h3-8H,1-2H3. The van der Waals surface area contributed by atoms with Gasteiger partial charge in [-0.15, -0.1) is 0 Å². The second kappa shape index (κ2) is 4.96. The minimum Gasteiger partial charge on any atom is -0.293 e. The summed E-state index contributed by atoms with van der Waals surface area (Å²) in [5, 5.41) is 11.3. The first-order valence-corrected chi connectivity index (χ1v) is 7.15. The maximum atomic E-state index is 11.3.